The van der Waals surface area contributed by atoms with Crippen LogP contribution in [-0.2, 0) is 14.4 Å². The van der Waals surface area contributed by atoms with Crippen molar-refractivity contribution < 1.29 is 32.7 Å². The first-order valence-electron chi connectivity index (χ1n) is 9.98. The minimum Gasteiger partial charge on any atom is -0.475 e. The number of guanidine groups is 1. The molecule has 2 amide bonds. The Morgan fingerprint density at radius 3 is 1.71 bits per heavy atom. The molecule has 9 nitrogen and oxygen atoms in total. The fourth-order valence-corrected chi connectivity index (χ4v) is 2.83. The summed E-state index contributed by atoms with van der Waals surface area (Å²) in [5.74, 6) is -4.17. The number of carboxylic acid groups (broad SMARTS) is 1. The molecule has 2 aromatic rings. The number of carbonyl (C=O) groups is 3. The minimum absolute atomic E-state index is 0.0112. The molecule has 2 rings (SSSR count). The van der Waals surface area contributed by atoms with Crippen molar-refractivity contribution in [2.45, 2.75) is 31.0 Å². The number of alkyl halides is 3. The molecular weight excluding hydrogens is 455 g/mol. The first kappa shape index (κ1) is 27.9. The van der Waals surface area contributed by atoms with Crippen LogP contribution in [0.2, 0.25) is 0 Å². The van der Waals surface area contributed by atoms with Gasteiger partial charge in [-0.3, -0.25) is 14.6 Å². The number of benzene rings is 2. The number of hydrogen-bond acceptors (Lipinski definition) is 4. The lowest BCUT2D eigenvalue weighted by atomic mass is 9.90. The molecule has 0 radical (unpaired) electrons. The van der Waals surface area contributed by atoms with Crippen molar-refractivity contribution in [3.05, 3.63) is 71.8 Å². The minimum atomic E-state index is -5.08. The SMILES string of the molecule is NC(=O)[C@H](CCCN=C(N)N)NC(=O)C(c1ccccc1)c1ccccc1.O=C(O)C(F)(F)F. The second-order valence-corrected chi connectivity index (χ2v) is 6.97. The van der Waals surface area contributed by atoms with E-state index in [0.717, 1.165) is 11.1 Å². The highest BCUT2D eigenvalue weighted by atomic mass is 19.4. The first-order chi connectivity index (χ1) is 15.9. The second-order valence-electron chi connectivity index (χ2n) is 6.97. The molecule has 0 saturated carbocycles. The van der Waals surface area contributed by atoms with Crippen LogP contribution in [0.3, 0.4) is 0 Å². The summed E-state index contributed by atoms with van der Waals surface area (Å²) in [5.41, 5.74) is 17.7. The molecule has 8 N–H and O–H groups in total. The van der Waals surface area contributed by atoms with Crippen LogP contribution < -0.4 is 22.5 Å². The van der Waals surface area contributed by atoms with Crippen LogP contribution in [0.1, 0.15) is 29.9 Å². The summed E-state index contributed by atoms with van der Waals surface area (Å²) in [6.45, 7) is 0.364. The van der Waals surface area contributed by atoms with E-state index in [1.807, 2.05) is 60.7 Å². The summed E-state index contributed by atoms with van der Waals surface area (Å²) in [4.78, 5) is 37.6. The molecule has 0 fully saturated rings. The Labute approximate surface area is 193 Å². The van der Waals surface area contributed by atoms with Gasteiger partial charge in [0, 0.05) is 6.54 Å². The molecule has 0 spiro atoms. The maximum Gasteiger partial charge on any atom is 0.490 e. The summed E-state index contributed by atoms with van der Waals surface area (Å²) < 4.78 is 31.7. The fourth-order valence-electron chi connectivity index (χ4n) is 2.83. The molecule has 0 aliphatic rings. The molecule has 1 atom stereocenters. The number of amides is 2. The zero-order valence-corrected chi connectivity index (χ0v) is 18.0. The molecule has 0 saturated heterocycles. The molecule has 0 heterocycles. The second kappa shape index (κ2) is 13.5. The molecule has 0 aliphatic carbocycles. The normalized spacial score (nSPS) is 11.5. The van der Waals surface area contributed by atoms with Gasteiger partial charge in [0.2, 0.25) is 11.8 Å². The maximum absolute atomic E-state index is 13.0. The average Bonchev–Trinajstić information content (AvgIpc) is 2.77. The van der Waals surface area contributed by atoms with E-state index in [1.54, 1.807) is 0 Å². The first-order valence-corrected chi connectivity index (χ1v) is 9.98. The summed E-state index contributed by atoms with van der Waals surface area (Å²) >= 11 is 0. The number of rotatable bonds is 9. The van der Waals surface area contributed by atoms with Crippen LogP contribution in [0.15, 0.2) is 65.7 Å². The van der Waals surface area contributed by atoms with E-state index in [2.05, 4.69) is 10.3 Å². The van der Waals surface area contributed by atoms with Crippen LogP contribution in [0.25, 0.3) is 0 Å². The summed E-state index contributed by atoms with van der Waals surface area (Å²) in [6.07, 6.45) is -4.21. The van der Waals surface area contributed by atoms with Gasteiger partial charge in [-0.1, -0.05) is 60.7 Å². The Hall–Kier alpha value is -4.09. The van der Waals surface area contributed by atoms with Gasteiger partial charge in [0.15, 0.2) is 5.96 Å². The number of primary amides is 1. The predicted molar refractivity (Wildman–Crippen MR) is 119 cm³/mol. The number of nitrogens with two attached hydrogens (primary N) is 3. The molecule has 0 aromatic heterocycles. The standard InChI is InChI=1S/C20H25N5O2.C2HF3O2/c21-18(26)16(12-7-13-24-20(22)23)25-19(27)17(14-8-3-1-4-9-14)15-10-5-2-6-11-15;3-2(4,5)1(6)7/h1-6,8-11,16-17H,7,12-13H2,(H2,21,26)(H,25,27)(H4,22,23,24);(H,6,7)/t16-;/m0./s1. The maximum atomic E-state index is 13.0. The number of nitrogens with one attached hydrogen (secondary N) is 1. The number of aliphatic carboxylic acids is 1. The van der Waals surface area contributed by atoms with Gasteiger partial charge in [-0.25, -0.2) is 4.79 Å². The fraction of sp³-hybridized carbons (Fsp3) is 0.273. The third kappa shape index (κ3) is 10.0. The Bertz CT molecular complexity index is 926. The Kier molecular flexibility index (Phi) is 11.1. The van der Waals surface area contributed by atoms with Crippen LogP contribution >= 0.6 is 0 Å². The zero-order chi connectivity index (χ0) is 25.7. The van der Waals surface area contributed by atoms with Gasteiger partial charge in [0.05, 0.1) is 5.92 Å². The largest absolute Gasteiger partial charge is 0.490 e. The van der Waals surface area contributed by atoms with Crippen LogP contribution in [0, 0.1) is 0 Å². The van der Waals surface area contributed by atoms with Gasteiger partial charge in [-0.05, 0) is 24.0 Å². The van der Waals surface area contributed by atoms with E-state index in [4.69, 9.17) is 27.1 Å². The van der Waals surface area contributed by atoms with Crippen LogP contribution in [0.4, 0.5) is 13.2 Å². The van der Waals surface area contributed by atoms with Crippen LogP contribution in [0.5, 0.6) is 0 Å². The number of carbonyl (C=O) groups excluding carboxylic acids is 2. The molecule has 0 unspecified atom stereocenters. The van der Waals surface area contributed by atoms with Crippen LogP contribution in [-0.4, -0.2) is 47.6 Å². The topological polar surface area (TPSA) is 174 Å². The molecule has 34 heavy (non-hydrogen) atoms. The molecule has 0 bridgehead atoms. The van der Waals surface area contributed by atoms with Crippen molar-refractivity contribution in [3.63, 3.8) is 0 Å². The highest BCUT2D eigenvalue weighted by Crippen LogP contribution is 2.25. The van der Waals surface area contributed by atoms with E-state index in [1.165, 1.54) is 0 Å². The highest BCUT2D eigenvalue weighted by molar-refractivity contribution is 5.91. The lowest BCUT2D eigenvalue weighted by molar-refractivity contribution is -0.192. The van der Waals surface area contributed by atoms with E-state index in [0.29, 0.717) is 19.4 Å². The van der Waals surface area contributed by atoms with E-state index in [9.17, 15) is 22.8 Å². The van der Waals surface area contributed by atoms with Crippen molar-refractivity contribution in [2.24, 2.45) is 22.2 Å². The lowest BCUT2D eigenvalue weighted by Crippen LogP contribution is -2.46. The molecule has 2 aromatic carbocycles. The van der Waals surface area contributed by atoms with Gasteiger partial charge in [-0.2, -0.15) is 13.2 Å². The summed E-state index contributed by atoms with van der Waals surface area (Å²) in [7, 11) is 0. The molecule has 0 aliphatic heterocycles. The lowest BCUT2D eigenvalue weighted by Gasteiger charge is -2.21. The number of aliphatic imine (C=N–C) groups is 1. The summed E-state index contributed by atoms with van der Waals surface area (Å²) in [6, 6.07) is 18.0. The van der Waals surface area contributed by atoms with Crippen molar-refractivity contribution in [1.82, 2.24) is 5.32 Å². The van der Waals surface area contributed by atoms with Gasteiger partial charge in [-0.15, -0.1) is 0 Å². The highest BCUT2D eigenvalue weighted by Gasteiger charge is 2.38. The van der Waals surface area contributed by atoms with Gasteiger partial charge in [0.25, 0.3) is 0 Å². The molecule has 184 valence electrons. The number of carboxylic acids is 1. The Morgan fingerprint density at radius 2 is 1.35 bits per heavy atom. The van der Waals surface area contributed by atoms with E-state index < -0.39 is 30.0 Å². The van der Waals surface area contributed by atoms with Gasteiger partial charge < -0.3 is 27.6 Å². The van der Waals surface area contributed by atoms with Crippen molar-refractivity contribution >= 4 is 23.7 Å². The summed E-state index contributed by atoms with van der Waals surface area (Å²) in [5, 5.41) is 9.90. The monoisotopic (exact) mass is 481 g/mol. The zero-order valence-electron chi connectivity index (χ0n) is 18.0. The third-order valence-electron chi connectivity index (χ3n) is 4.38. The van der Waals surface area contributed by atoms with Crippen molar-refractivity contribution in [3.8, 4) is 0 Å². The number of halogens is 3. The van der Waals surface area contributed by atoms with Gasteiger partial charge in [0.1, 0.15) is 6.04 Å². The smallest absolute Gasteiger partial charge is 0.475 e. The Morgan fingerprint density at radius 1 is 0.912 bits per heavy atom. The Balaban J connectivity index is 0.000000718. The van der Waals surface area contributed by atoms with E-state index >= 15 is 0 Å². The average molecular weight is 481 g/mol. The molecular formula is C22H26F3N5O4. The quantitative estimate of drug-likeness (QED) is 0.206. The van der Waals surface area contributed by atoms with Gasteiger partial charge >= 0.3 is 12.1 Å². The van der Waals surface area contributed by atoms with Crippen molar-refractivity contribution in [1.29, 1.82) is 0 Å². The number of hydrogen-bond donors (Lipinski definition) is 5. The third-order valence-corrected chi connectivity index (χ3v) is 4.38. The molecule has 12 heteroatoms. The van der Waals surface area contributed by atoms with E-state index in [-0.39, 0.29) is 11.9 Å². The van der Waals surface area contributed by atoms with Crippen molar-refractivity contribution in [2.75, 3.05) is 6.54 Å². The predicted octanol–water partition coefficient (Wildman–Crippen LogP) is 1.48. The number of nitrogens with zero attached hydrogens (tertiary/aromatic N) is 1.